The molecule has 1 fully saturated rings. The van der Waals surface area contributed by atoms with Gasteiger partial charge in [0.25, 0.3) is 0 Å². The molecule has 2 aromatic carbocycles. The minimum Gasteiger partial charge on any atom is -0.497 e. The predicted molar refractivity (Wildman–Crippen MR) is 99.8 cm³/mol. The number of benzene rings is 2. The molecule has 25 heavy (non-hydrogen) atoms. The molecular formula is C21H22N2O2. The molecule has 1 aliphatic heterocycles. The van der Waals surface area contributed by atoms with Gasteiger partial charge in [0.2, 0.25) is 0 Å². The lowest BCUT2D eigenvalue weighted by Gasteiger charge is -2.26. The van der Waals surface area contributed by atoms with Gasteiger partial charge in [0.1, 0.15) is 5.75 Å². The Balaban J connectivity index is 1.55. The zero-order valence-corrected chi connectivity index (χ0v) is 14.4. The number of rotatable bonds is 4. The maximum Gasteiger partial charge on any atom is 0.119 e. The maximum atomic E-state index is 5.41. The second kappa shape index (κ2) is 7.21. The maximum absolute atomic E-state index is 5.41. The van der Waals surface area contributed by atoms with Gasteiger partial charge in [-0.25, -0.2) is 0 Å². The van der Waals surface area contributed by atoms with Gasteiger partial charge in [-0.1, -0.05) is 24.3 Å². The lowest BCUT2D eigenvalue weighted by atomic mass is 10.0. The van der Waals surface area contributed by atoms with Crippen LogP contribution in [0.25, 0.3) is 22.0 Å². The first-order chi connectivity index (χ1) is 12.3. The third-order valence-electron chi connectivity index (χ3n) is 4.69. The van der Waals surface area contributed by atoms with E-state index in [2.05, 4.69) is 40.2 Å². The summed E-state index contributed by atoms with van der Waals surface area (Å²) >= 11 is 0. The second-order valence-corrected chi connectivity index (χ2v) is 6.37. The summed E-state index contributed by atoms with van der Waals surface area (Å²) in [4.78, 5) is 7.00. The third kappa shape index (κ3) is 3.65. The van der Waals surface area contributed by atoms with E-state index in [1.807, 2.05) is 24.4 Å². The molecule has 1 aromatic heterocycles. The molecule has 2 heterocycles. The number of nitrogens with zero attached hydrogens (tertiary/aromatic N) is 2. The molecule has 128 valence electrons. The van der Waals surface area contributed by atoms with Crippen molar-refractivity contribution in [2.75, 3.05) is 33.4 Å². The molecule has 0 N–H and O–H groups in total. The van der Waals surface area contributed by atoms with Gasteiger partial charge in [0, 0.05) is 36.8 Å². The first kappa shape index (κ1) is 16.1. The number of morpholine rings is 1. The van der Waals surface area contributed by atoms with Crippen LogP contribution in [-0.4, -0.2) is 43.3 Å². The fourth-order valence-electron chi connectivity index (χ4n) is 3.21. The molecule has 0 radical (unpaired) electrons. The van der Waals surface area contributed by atoms with Gasteiger partial charge >= 0.3 is 0 Å². The van der Waals surface area contributed by atoms with Gasteiger partial charge in [0.05, 0.1) is 25.8 Å². The number of aromatic nitrogens is 1. The van der Waals surface area contributed by atoms with Crippen LogP contribution in [0.1, 0.15) is 5.56 Å². The highest BCUT2D eigenvalue weighted by Gasteiger charge is 2.10. The predicted octanol–water partition coefficient (Wildman–Crippen LogP) is 3.74. The zero-order valence-electron chi connectivity index (χ0n) is 14.4. The van der Waals surface area contributed by atoms with E-state index in [-0.39, 0.29) is 0 Å². The molecular weight excluding hydrogens is 312 g/mol. The fraction of sp³-hybridized carbons (Fsp3) is 0.286. The molecule has 1 aliphatic rings. The summed E-state index contributed by atoms with van der Waals surface area (Å²) in [5.41, 5.74) is 4.62. The van der Waals surface area contributed by atoms with Gasteiger partial charge in [-0.2, -0.15) is 0 Å². The molecule has 3 aromatic rings. The van der Waals surface area contributed by atoms with E-state index in [1.165, 1.54) is 11.1 Å². The normalized spacial score (nSPS) is 15.4. The van der Waals surface area contributed by atoms with Crippen molar-refractivity contribution in [3.63, 3.8) is 0 Å². The number of ether oxygens (including phenoxy) is 2. The van der Waals surface area contributed by atoms with Gasteiger partial charge in [-0.15, -0.1) is 0 Å². The SMILES string of the molecule is COc1ccc2ncc(-c3ccc(CN4CCOCC4)cc3)cc2c1. The third-order valence-corrected chi connectivity index (χ3v) is 4.69. The smallest absolute Gasteiger partial charge is 0.119 e. The summed E-state index contributed by atoms with van der Waals surface area (Å²) in [7, 11) is 1.69. The Morgan fingerprint density at radius 1 is 1.00 bits per heavy atom. The highest BCUT2D eigenvalue weighted by molar-refractivity contribution is 5.84. The van der Waals surface area contributed by atoms with E-state index in [1.54, 1.807) is 7.11 Å². The summed E-state index contributed by atoms with van der Waals surface area (Å²) in [6.45, 7) is 4.68. The summed E-state index contributed by atoms with van der Waals surface area (Å²) in [5.74, 6) is 0.854. The van der Waals surface area contributed by atoms with Crippen molar-refractivity contribution < 1.29 is 9.47 Å². The van der Waals surface area contributed by atoms with Crippen LogP contribution in [0.3, 0.4) is 0 Å². The fourth-order valence-corrected chi connectivity index (χ4v) is 3.21. The van der Waals surface area contributed by atoms with Gasteiger partial charge < -0.3 is 9.47 Å². The summed E-state index contributed by atoms with van der Waals surface area (Å²) in [5, 5.41) is 1.09. The van der Waals surface area contributed by atoms with Crippen LogP contribution in [0.2, 0.25) is 0 Å². The number of fused-ring (bicyclic) bond motifs is 1. The standard InChI is InChI=1S/C21H22N2O2/c1-24-20-6-7-21-18(13-20)12-19(14-22-21)17-4-2-16(3-5-17)15-23-8-10-25-11-9-23/h2-7,12-14H,8-11,15H2,1H3. The Hall–Kier alpha value is -2.43. The summed E-state index contributed by atoms with van der Waals surface area (Å²) in [6.07, 6.45) is 1.94. The van der Waals surface area contributed by atoms with Crippen molar-refractivity contribution in [1.29, 1.82) is 0 Å². The van der Waals surface area contributed by atoms with E-state index < -0.39 is 0 Å². The zero-order chi connectivity index (χ0) is 17.1. The minimum atomic E-state index is 0.838. The molecule has 4 nitrogen and oxygen atoms in total. The Bertz CT molecular complexity index is 855. The van der Waals surface area contributed by atoms with Crippen LogP contribution in [0.5, 0.6) is 5.75 Å². The average Bonchev–Trinajstić information content (AvgIpc) is 2.68. The lowest BCUT2D eigenvalue weighted by Crippen LogP contribution is -2.35. The van der Waals surface area contributed by atoms with E-state index in [0.29, 0.717) is 0 Å². The number of hydrogen-bond acceptors (Lipinski definition) is 4. The Morgan fingerprint density at radius 2 is 1.80 bits per heavy atom. The van der Waals surface area contributed by atoms with Crippen molar-refractivity contribution in [3.05, 3.63) is 60.3 Å². The number of methoxy groups -OCH3 is 1. The van der Waals surface area contributed by atoms with Crippen molar-refractivity contribution in [3.8, 4) is 16.9 Å². The van der Waals surface area contributed by atoms with Gasteiger partial charge in [0.15, 0.2) is 0 Å². The van der Waals surface area contributed by atoms with E-state index in [0.717, 1.165) is 55.1 Å². The first-order valence-electron chi connectivity index (χ1n) is 8.65. The molecule has 0 atom stereocenters. The Kier molecular flexibility index (Phi) is 4.63. The van der Waals surface area contributed by atoms with E-state index in [9.17, 15) is 0 Å². The van der Waals surface area contributed by atoms with Crippen LogP contribution in [0, 0.1) is 0 Å². The number of hydrogen-bond donors (Lipinski definition) is 0. The van der Waals surface area contributed by atoms with Crippen LogP contribution < -0.4 is 4.74 Å². The topological polar surface area (TPSA) is 34.6 Å². The molecule has 0 bridgehead atoms. The molecule has 0 aliphatic carbocycles. The molecule has 0 spiro atoms. The Labute approximate surface area is 148 Å². The highest BCUT2D eigenvalue weighted by Crippen LogP contribution is 2.26. The Morgan fingerprint density at radius 3 is 2.56 bits per heavy atom. The molecule has 0 unspecified atom stereocenters. The minimum absolute atomic E-state index is 0.838. The van der Waals surface area contributed by atoms with Crippen LogP contribution in [-0.2, 0) is 11.3 Å². The largest absolute Gasteiger partial charge is 0.497 e. The monoisotopic (exact) mass is 334 g/mol. The van der Waals surface area contributed by atoms with Gasteiger partial charge in [-0.3, -0.25) is 9.88 Å². The number of pyridine rings is 1. The molecule has 0 saturated carbocycles. The van der Waals surface area contributed by atoms with Gasteiger partial charge in [-0.05, 0) is 35.4 Å². The molecule has 0 amide bonds. The molecule has 4 heteroatoms. The highest BCUT2D eigenvalue weighted by atomic mass is 16.5. The van der Waals surface area contributed by atoms with Crippen molar-refractivity contribution in [1.82, 2.24) is 9.88 Å². The molecule has 4 rings (SSSR count). The van der Waals surface area contributed by atoms with E-state index in [4.69, 9.17) is 9.47 Å². The first-order valence-corrected chi connectivity index (χ1v) is 8.65. The van der Waals surface area contributed by atoms with Crippen LogP contribution >= 0.6 is 0 Å². The van der Waals surface area contributed by atoms with Crippen molar-refractivity contribution >= 4 is 10.9 Å². The summed E-state index contributed by atoms with van der Waals surface area (Å²) < 4.78 is 10.7. The van der Waals surface area contributed by atoms with Crippen molar-refractivity contribution in [2.45, 2.75) is 6.54 Å². The van der Waals surface area contributed by atoms with Crippen LogP contribution in [0.15, 0.2) is 54.7 Å². The average molecular weight is 334 g/mol. The summed E-state index contributed by atoms with van der Waals surface area (Å²) in [6, 6.07) is 16.9. The van der Waals surface area contributed by atoms with E-state index >= 15 is 0 Å². The lowest BCUT2D eigenvalue weighted by molar-refractivity contribution is 0.0342. The van der Waals surface area contributed by atoms with Crippen molar-refractivity contribution in [2.24, 2.45) is 0 Å². The second-order valence-electron chi connectivity index (χ2n) is 6.37. The van der Waals surface area contributed by atoms with Crippen LogP contribution in [0.4, 0.5) is 0 Å². The molecule has 1 saturated heterocycles. The quantitative estimate of drug-likeness (QED) is 0.728.